The summed E-state index contributed by atoms with van der Waals surface area (Å²) >= 11 is 0. The lowest BCUT2D eigenvalue weighted by Gasteiger charge is -2.26. The zero-order valence-electron chi connectivity index (χ0n) is 18.3. The molecule has 0 amide bonds. The Kier molecular flexibility index (Phi) is 27.2. The fraction of sp³-hybridized carbons (Fsp3) is 1.00. The quantitative estimate of drug-likeness (QED) is 0.330. The molecule has 0 atom stereocenters. The first kappa shape index (κ1) is 32.5. The predicted molar refractivity (Wildman–Crippen MR) is 121 cm³/mol. The van der Waals surface area contributed by atoms with Crippen molar-refractivity contribution in [3.63, 3.8) is 0 Å². The van der Waals surface area contributed by atoms with Crippen LogP contribution < -0.4 is 0 Å². The minimum Gasteiger partial charge on any atom is -0.870 e. The minimum atomic E-state index is -0.496. The molecule has 0 radical (unpaired) electrons. The van der Waals surface area contributed by atoms with Gasteiger partial charge in [-0.15, -0.1) is 0 Å². The molecule has 0 aliphatic carbocycles. The Morgan fingerprint density at radius 3 is 0.667 bits per heavy atom. The van der Waals surface area contributed by atoms with E-state index >= 15 is 0 Å². The molecule has 0 aromatic heterocycles. The van der Waals surface area contributed by atoms with Gasteiger partial charge in [-0.25, -0.2) is 0 Å². The zero-order valence-corrected chi connectivity index (χ0v) is 20.1. The molecular formula is C20H50O2P2. The molecule has 0 saturated carbocycles. The summed E-state index contributed by atoms with van der Waals surface area (Å²) in [6.07, 6.45) is 17.7. The van der Waals surface area contributed by atoms with E-state index in [2.05, 4.69) is 55.4 Å². The summed E-state index contributed by atoms with van der Waals surface area (Å²) in [4.78, 5) is 0. The van der Waals surface area contributed by atoms with Crippen LogP contribution >= 0.6 is 14.5 Å². The highest BCUT2D eigenvalue weighted by Gasteiger charge is 2.32. The molecule has 0 unspecified atom stereocenters. The van der Waals surface area contributed by atoms with E-state index in [1.54, 1.807) is 24.6 Å². The van der Waals surface area contributed by atoms with Crippen molar-refractivity contribution >= 4 is 14.5 Å². The SMILES string of the molecule is CCC[P+](CCC)(CCC)CCC.CC[P+](CC)(CC)CC.[OH-].[OH-]. The predicted octanol–water partition coefficient (Wildman–Crippen LogP) is 7.37. The molecule has 2 nitrogen and oxygen atoms in total. The van der Waals surface area contributed by atoms with Crippen LogP contribution in [0.1, 0.15) is 81.1 Å². The van der Waals surface area contributed by atoms with Crippen LogP contribution in [0.3, 0.4) is 0 Å². The van der Waals surface area contributed by atoms with Crippen LogP contribution in [0.5, 0.6) is 0 Å². The third-order valence-corrected chi connectivity index (χ3v) is 16.4. The molecular weight excluding hydrogens is 334 g/mol. The standard InChI is InChI=1S/C12H28P.C8H20P.2H2O/c1-5-9-13(10-6-2,11-7-3)12-8-4;1-5-9(6-2,7-3)8-4;;/h5-12H2,1-4H3;5-8H2,1-4H3;2*1H2/q2*+1;;/p-2. The molecule has 0 heterocycles. The van der Waals surface area contributed by atoms with Crippen LogP contribution in [-0.4, -0.2) is 60.2 Å². The fourth-order valence-corrected chi connectivity index (χ4v) is 11.7. The molecule has 0 aliphatic heterocycles. The van der Waals surface area contributed by atoms with Gasteiger partial charge in [-0.2, -0.15) is 0 Å². The summed E-state index contributed by atoms with van der Waals surface area (Å²) in [5.74, 6) is 0. The molecule has 0 fully saturated rings. The second kappa shape index (κ2) is 20.1. The van der Waals surface area contributed by atoms with Crippen LogP contribution in [0.15, 0.2) is 0 Å². The molecule has 0 bridgehead atoms. The van der Waals surface area contributed by atoms with Crippen molar-refractivity contribution in [3.05, 3.63) is 0 Å². The Balaban J connectivity index is -0.000000162. The van der Waals surface area contributed by atoms with Crippen molar-refractivity contribution in [1.29, 1.82) is 0 Å². The van der Waals surface area contributed by atoms with Gasteiger partial charge in [0.1, 0.15) is 0 Å². The van der Waals surface area contributed by atoms with Crippen LogP contribution in [0.2, 0.25) is 0 Å². The second-order valence-corrected chi connectivity index (χ2v) is 16.5. The van der Waals surface area contributed by atoms with Gasteiger partial charge >= 0.3 is 0 Å². The lowest BCUT2D eigenvalue weighted by atomic mass is 10.5. The van der Waals surface area contributed by atoms with Gasteiger partial charge in [0.2, 0.25) is 0 Å². The van der Waals surface area contributed by atoms with Gasteiger partial charge < -0.3 is 11.0 Å². The number of hydrogen-bond acceptors (Lipinski definition) is 2. The molecule has 0 saturated heterocycles. The number of rotatable bonds is 12. The summed E-state index contributed by atoms with van der Waals surface area (Å²) in [7, 11) is -0.916. The first-order valence-corrected chi connectivity index (χ1v) is 15.2. The summed E-state index contributed by atoms with van der Waals surface area (Å²) < 4.78 is 0. The zero-order chi connectivity index (χ0) is 17.5. The summed E-state index contributed by atoms with van der Waals surface area (Å²) in [6, 6.07) is 0. The van der Waals surface area contributed by atoms with Crippen molar-refractivity contribution < 1.29 is 11.0 Å². The maximum atomic E-state index is 2.36. The largest absolute Gasteiger partial charge is 0.870 e. The second-order valence-electron chi connectivity index (χ2n) is 6.84. The Morgan fingerprint density at radius 1 is 0.375 bits per heavy atom. The third kappa shape index (κ3) is 13.0. The molecule has 2 N–H and O–H groups in total. The minimum absolute atomic E-state index is 0. The highest BCUT2D eigenvalue weighted by atomic mass is 31.2. The molecule has 152 valence electrons. The maximum absolute atomic E-state index is 2.36. The first-order valence-electron chi connectivity index (χ1n) is 10.2. The van der Waals surface area contributed by atoms with Gasteiger partial charge in [-0.3, -0.25) is 0 Å². The monoisotopic (exact) mass is 384 g/mol. The Bertz CT molecular complexity index is 185. The molecule has 0 aromatic carbocycles. The van der Waals surface area contributed by atoms with Crippen LogP contribution in [0.25, 0.3) is 0 Å². The van der Waals surface area contributed by atoms with E-state index in [1.807, 2.05) is 0 Å². The maximum Gasteiger partial charge on any atom is 0.0591 e. The third-order valence-electron chi connectivity index (χ3n) is 5.48. The van der Waals surface area contributed by atoms with E-state index in [9.17, 15) is 0 Å². The van der Waals surface area contributed by atoms with Gasteiger partial charge in [-0.05, 0) is 53.4 Å². The van der Waals surface area contributed by atoms with E-state index in [1.165, 1.54) is 50.3 Å². The van der Waals surface area contributed by atoms with Gasteiger partial charge in [0.05, 0.1) is 49.3 Å². The van der Waals surface area contributed by atoms with Gasteiger partial charge in [0.15, 0.2) is 0 Å². The fourth-order valence-electron chi connectivity index (χ4n) is 3.91. The Hall–Kier alpha value is 0.780. The van der Waals surface area contributed by atoms with Crippen molar-refractivity contribution in [1.82, 2.24) is 0 Å². The van der Waals surface area contributed by atoms with Crippen LogP contribution in [0.4, 0.5) is 0 Å². The number of hydrogen-bond donors (Lipinski definition) is 0. The van der Waals surface area contributed by atoms with E-state index in [0.29, 0.717) is 0 Å². The van der Waals surface area contributed by atoms with Crippen LogP contribution in [0, 0.1) is 0 Å². The van der Waals surface area contributed by atoms with Crippen LogP contribution in [-0.2, 0) is 0 Å². The summed E-state index contributed by atoms with van der Waals surface area (Å²) in [5.41, 5.74) is 0. The van der Waals surface area contributed by atoms with E-state index in [0.717, 1.165) is 0 Å². The van der Waals surface area contributed by atoms with Crippen molar-refractivity contribution in [3.8, 4) is 0 Å². The smallest absolute Gasteiger partial charge is 0.0591 e. The van der Waals surface area contributed by atoms with E-state index < -0.39 is 14.5 Å². The summed E-state index contributed by atoms with van der Waals surface area (Å²) in [5, 5.41) is 0. The summed E-state index contributed by atoms with van der Waals surface area (Å²) in [6.45, 7) is 18.8. The van der Waals surface area contributed by atoms with Gasteiger partial charge in [0, 0.05) is 14.5 Å². The molecule has 24 heavy (non-hydrogen) atoms. The molecule has 4 heteroatoms. The van der Waals surface area contributed by atoms with Crippen molar-refractivity contribution in [2.75, 3.05) is 49.3 Å². The van der Waals surface area contributed by atoms with Crippen molar-refractivity contribution in [2.24, 2.45) is 0 Å². The normalized spacial score (nSPS) is 11.0. The Morgan fingerprint density at radius 2 is 0.583 bits per heavy atom. The first-order chi connectivity index (χ1) is 10.5. The van der Waals surface area contributed by atoms with E-state index in [4.69, 9.17) is 0 Å². The average Bonchev–Trinajstić information content (AvgIpc) is 2.52. The molecule has 0 spiro atoms. The van der Waals surface area contributed by atoms with E-state index in [-0.39, 0.29) is 11.0 Å². The molecule has 0 rings (SSSR count). The topological polar surface area (TPSA) is 60.0 Å². The van der Waals surface area contributed by atoms with Crippen molar-refractivity contribution in [2.45, 2.75) is 81.1 Å². The lowest BCUT2D eigenvalue weighted by Crippen LogP contribution is -2.10. The highest BCUT2D eigenvalue weighted by Crippen LogP contribution is 2.60. The average molecular weight is 385 g/mol. The molecule has 0 aromatic rings. The van der Waals surface area contributed by atoms with Gasteiger partial charge in [0.25, 0.3) is 0 Å². The molecule has 0 aliphatic rings. The highest BCUT2D eigenvalue weighted by molar-refractivity contribution is 7.76. The lowest BCUT2D eigenvalue weighted by molar-refractivity contribution is 0.823. The Labute approximate surface area is 156 Å². The van der Waals surface area contributed by atoms with Gasteiger partial charge in [-0.1, -0.05) is 27.7 Å².